The number of rotatable bonds is 5. The molecule has 0 spiro atoms. The summed E-state index contributed by atoms with van der Waals surface area (Å²) in [6.07, 6.45) is 0. The fourth-order valence-corrected chi connectivity index (χ4v) is 2.48. The van der Waals surface area contributed by atoms with E-state index in [1.54, 1.807) is 18.2 Å². The van der Waals surface area contributed by atoms with E-state index >= 15 is 0 Å². The molecule has 1 heterocycles. The van der Waals surface area contributed by atoms with Crippen molar-refractivity contribution in [3.8, 4) is 11.5 Å². The molecule has 0 aliphatic carbocycles. The second kappa shape index (κ2) is 6.52. The summed E-state index contributed by atoms with van der Waals surface area (Å²) in [5.41, 5.74) is 0.841. The number of ether oxygens (including phenoxy) is 2. The Hall–Kier alpha value is -3.55. The normalized spacial score (nSPS) is 10.5. The number of anilines is 1. The number of carbonyl (C=O) groups is 2. The number of hydrogen-bond donors (Lipinski definition) is 3. The number of aromatic amines is 1. The monoisotopic (exact) mass is 341 g/mol. The lowest BCUT2D eigenvalue weighted by atomic mass is 10.1. The number of para-hydroxylation sites is 1. The van der Waals surface area contributed by atoms with Crippen LogP contribution in [0, 0.1) is 0 Å². The summed E-state index contributed by atoms with van der Waals surface area (Å²) in [5, 5.41) is 19.4. The first kappa shape index (κ1) is 16.3. The van der Waals surface area contributed by atoms with Crippen molar-refractivity contribution in [1.82, 2.24) is 10.2 Å². The molecule has 8 nitrogen and oxygen atoms in total. The summed E-state index contributed by atoms with van der Waals surface area (Å²) in [6.45, 7) is 0. The molecule has 1 aromatic heterocycles. The van der Waals surface area contributed by atoms with Crippen LogP contribution < -0.4 is 14.8 Å². The first-order valence-electron chi connectivity index (χ1n) is 7.29. The average Bonchev–Trinajstić information content (AvgIpc) is 3.05. The van der Waals surface area contributed by atoms with E-state index in [2.05, 4.69) is 15.5 Å². The molecule has 0 bridgehead atoms. The minimum Gasteiger partial charge on any atom is -0.493 e. The van der Waals surface area contributed by atoms with Crippen molar-refractivity contribution >= 4 is 28.5 Å². The van der Waals surface area contributed by atoms with E-state index in [1.165, 1.54) is 26.4 Å². The standard InChI is InChI=1S/C17H15N3O5/c1-24-13-7-10(17(22)23)12(8-14(13)25-2)18-16(21)15-9-5-3-4-6-11(9)19-20-15/h3-8H,1-2H3,(H,18,21)(H,19,20)(H,22,23). The highest BCUT2D eigenvalue weighted by Crippen LogP contribution is 2.33. The maximum atomic E-state index is 12.6. The van der Waals surface area contributed by atoms with Gasteiger partial charge in [-0.2, -0.15) is 5.10 Å². The summed E-state index contributed by atoms with van der Waals surface area (Å²) in [7, 11) is 2.82. The molecule has 0 radical (unpaired) electrons. The lowest BCUT2D eigenvalue weighted by Gasteiger charge is -2.13. The highest BCUT2D eigenvalue weighted by Gasteiger charge is 2.20. The van der Waals surface area contributed by atoms with Gasteiger partial charge in [0.05, 0.1) is 31.0 Å². The zero-order chi connectivity index (χ0) is 18.0. The predicted molar refractivity (Wildman–Crippen MR) is 90.6 cm³/mol. The molecular formula is C17H15N3O5. The van der Waals surface area contributed by atoms with Gasteiger partial charge in [0, 0.05) is 17.5 Å². The van der Waals surface area contributed by atoms with Crippen molar-refractivity contribution in [2.75, 3.05) is 19.5 Å². The minimum absolute atomic E-state index is 0.0854. The summed E-state index contributed by atoms with van der Waals surface area (Å²) in [5.74, 6) is -1.19. The molecule has 25 heavy (non-hydrogen) atoms. The van der Waals surface area contributed by atoms with Crippen LogP contribution >= 0.6 is 0 Å². The first-order chi connectivity index (χ1) is 12.0. The Labute approximate surface area is 142 Å². The van der Waals surface area contributed by atoms with E-state index in [-0.39, 0.29) is 22.7 Å². The molecule has 0 saturated heterocycles. The minimum atomic E-state index is -1.21. The van der Waals surface area contributed by atoms with Crippen molar-refractivity contribution in [1.29, 1.82) is 0 Å². The van der Waals surface area contributed by atoms with Gasteiger partial charge in [0.25, 0.3) is 5.91 Å². The Morgan fingerprint density at radius 1 is 1.12 bits per heavy atom. The molecule has 3 N–H and O–H groups in total. The molecule has 0 atom stereocenters. The van der Waals surface area contributed by atoms with Gasteiger partial charge in [-0.3, -0.25) is 9.89 Å². The van der Waals surface area contributed by atoms with Gasteiger partial charge in [0.1, 0.15) is 0 Å². The number of fused-ring (bicyclic) bond motifs is 1. The maximum Gasteiger partial charge on any atom is 0.337 e. The lowest BCUT2D eigenvalue weighted by Crippen LogP contribution is -2.16. The number of nitrogens with one attached hydrogen (secondary N) is 2. The van der Waals surface area contributed by atoms with Gasteiger partial charge in [-0.1, -0.05) is 18.2 Å². The number of aromatic carboxylic acids is 1. The first-order valence-corrected chi connectivity index (χ1v) is 7.29. The maximum absolute atomic E-state index is 12.6. The predicted octanol–water partition coefficient (Wildman–Crippen LogP) is 2.53. The molecule has 0 aliphatic rings. The van der Waals surface area contributed by atoms with E-state index in [9.17, 15) is 14.7 Å². The third-order valence-electron chi connectivity index (χ3n) is 3.69. The highest BCUT2D eigenvalue weighted by molar-refractivity contribution is 6.13. The Balaban J connectivity index is 2.01. The van der Waals surface area contributed by atoms with Crippen LogP contribution in [0.5, 0.6) is 11.5 Å². The zero-order valence-corrected chi connectivity index (χ0v) is 13.5. The fraction of sp³-hybridized carbons (Fsp3) is 0.118. The largest absolute Gasteiger partial charge is 0.493 e. The van der Waals surface area contributed by atoms with Crippen LogP contribution in [0.25, 0.3) is 10.9 Å². The SMILES string of the molecule is COc1cc(NC(=O)c2n[nH]c3ccccc23)c(C(=O)O)cc1OC. The van der Waals surface area contributed by atoms with Gasteiger partial charge < -0.3 is 19.9 Å². The van der Waals surface area contributed by atoms with Gasteiger partial charge in [-0.05, 0) is 6.07 Å². The summed E-state index contributed by atoms with van der Waals surface area (Å²) in [4.78, 5) is 24.1. The number of aromatic nitrogens is 2. The Bertz CT molecular complexity index is 964. The lowest BCUT2D eigenvalue weighted by molar-refractivity contribution is 0.0697. The molecule has 0 unspecified atom stereocenters. The third-order valence-corrected chi connectivity index (χ3v) is 3.69. The molecule has 3 rings (SSSR count). The van der Waals surface area contributed by atoms with Gasteiger partial charge in [-0.15, -0.1) is 0 Å². The number of carboxylic acids is 1. The second-order valence-corrected chi connectivity index (χ2v) is 5.13. The van der Waals surface area contributed by atoms with E-state index in [4.69, 9.17) is 9.47 Å². The summed E-state index contributed by atoms with van der Waals surface area (Å²) in [6, 6.07) is 9.83. The van der Waals surface area contributed by atoms with Crippen LogP contribution in [-0.4, -0.2) is 41.4 Å². The third kappa shape index (κ3) is 2.97. The van der Waals surface area contributed by atoms with Crippen LogP contribution in [-0.2, 0) is 0 Å². The zero-order valence-electron chi connectivity index (χ0n) is 13.5. The number of nitrogens with zero attached hydrogens (tertiary/aromatic N) is 1. The van der Waals surface area contributed by atoms with Crippen molar-refractivity contribution in [2.24, 2.45) is 0 Å². The van der Waals surface area contributed by atoms with E-state index in [0.717, 1.165) is 0 Å². The molecule has 128 valence electrons. The summed E-state index contributed by atoms with van der Waals surface area (Å²) >= 11 is 0. The van der Waals surface area contributed by atoms with E-state index in [0.29, 0.717) is 16.7 Å². The van der Waals surface area contributed by atoms with Crippen LogP contribution in [0.2, 0.25) is 0 Å². The van der Waals surface area contributed by atoms with E-state index < -0.39 is 11.9 Å². The fourth-order valence-electron chi connectivity index (χ4n) is 2.48. The molecule has 8 heteroatoms. The van der Waals surface area contributed by atoms with Crippen LogP contribution in [0.3, 0.4) is 0 Å². The number of H-pyrrole nitrogens is 1. The Morgan fingerprint density at radius 2 is 1.80 bits per heavy atom. The van der Waals surface area contributed by atoms with Crippen molar-refractivity contribution in [2.45, 2.75) is 0 Å². The number of amides is 1. The van der Waals surface area contributed by atoms with Gasteiger partial charge in [-0.25, -0.2) is 4.79 Å². The molecule has 0 saturated carbocycles. The molecule has 0 fully saturated rings. The smallest absolute Gasteiger partial charge is 0.337 e. The van der Waals surface area contributed by atoms with Gasteiger partial charge in [0.2, 0.25) is 0 Å². The number of benzene rings is 2. The quantitative estimate of drug-likeness (QED) is 0.657. The molecule has 0 aliphatic heterocycles. The van der Waals surface area contributed by atoms with Gasteiger partial charge >= 0.3 is 5.97 Å². The van der Waals surface area contributed by atoms with Crippen LogP contribution in [0.4, 0.5) is 5.69 Å². The van der Waals surface area contributed by atoms with Crippen molar-refractivity contribution < 1.29 is 24.2 Å². The second-order valence-electron chi connectivity index (χ2n) is 5.13. The topological polar surface area (TPSA) is 114 Å². The van der Waals surface area contributed by atoms with E-state index in [1.807, 2.05) is 6.07 Å². The molecule has 3 aromatic rings. The molecule has 1 amide bonds. The Morgan fingerprint density at radius 3 is 2.48 bits per heavy atom. The van der Waals surface area contributed by atoms with Gasteiger partial charge in [0.15, 0.2) is 17.2 Å². The summed E-state index contributed by atoms with van der Waals surface area (Å²) < 4.78 is 10.3. The highest BCUT2D eigenvalue weighted by atomic mass is 16.5. The molecule has 2 aromatic carbocycles. The van der Waals surface area contributed by atoms with Crippen molar-refractivity contribution in [3.63, 3.8) is 0 Å². The number of carboxylic acid groups (broad SMARTS) is 1. The molecular weight excluding hydrogens is 326 g/mol. The average molecular weight is 341 g/mol. The number of carbonyl (C=O) groups excluding carboxylic acids is 1. The van der Waals surface area contributed by atoms with Crippen LogP contribution in [0.15, 0.2) is 36.4 Å². The Kier molecular flexibility index (Phi) is 4.25. The number of hydrogen-bond acceptors (Lipinski definition) is 5. The van der Waals surface area contributed by atoms with Crippen molar-refractivity contribution in [3.05, 3.63) is 47.7 Å². The number of methoxy groups -OCH3 is 2. The van der Waals surface area contributed by atoms with Crippen LogP contribution in [0.1, 0.15) is 20.8 Å².